The molecule has 32 heavy (non-hydrogen) atoms. The van der Waals surface area contributed by atoms with Crippen molar-refractivity contribution in [3.8, 4) is 17.2 Å². The van der Waals surface area contributed by atoms with Crippen molar-refractivity contribution in [3.05, 3.63) is 54.1 Å². The molecule has 0 aliphatic carbocycles. The summed E-state index contributed by atoms with van der Waals surface area (Å²) >= 11 is 0. The molecule has 1 aliphatic rings. The molecule has 3 aromatic rings. The summed E-state index contributed by atoms with van der Waals surface area (Å²) in [5, 5.41) is 18.2. The van der Waals surface area contributed by atoms with Crippen molar-refractivity contribution in [3.63, 3.8) is 0 Å². The Balaban J connectivity index is 1.76. The zero-order chi connectivity index (χ0) is 22.9. The molecule has 1 fully saturated rings. The third-order valence-electron chi connectivity index (χ3n) is 5.55. The molecule has 0 unspecified atom stereocenters. The van der Waals surface area contributed by atoms with Gasteiger partial charge in [-0.05, 0) is 31.0 Å². The van der Waals surface area contributed by atoms with Crippen molar-refractivity contribution in [2.24, 2.45) is 7.05 Å². The molecule has 0 saturated carbocycles. The van der Waals surface area contributed by atoms with Gasteiger partial charge in [0.2, 0.25) is 16.0 Å². The minimum absolute atomic E-state index is 0.208. The number of sulfonamides is 1. The standard InChI is InChI=1S/C21H22FN7O2S/c1-28-13-25-26-21(28)14-7-9-29(10-8-14)20-16(15-3-6-19(22)24-12-15)4-5-18(17(20)11-23)27-32(2,30)31/h3-6,12-14,27H,7-10H2,1-2H3. The molecular formula is C21H22FN7O2S. The van der Waals surface area contributed by atoms with Crippen LogP contribution in [0, 0.1) is 17.3 Å². The predicted molar refractivity (Wildman–Crippen MR) is 118 cm³/mol. The van der Waals surface area contributed by atoms with Crippen LogP contribution in [-0.2, 0) is 17.1 Å². The molecule has 0 spiro atoms. The van der Waals surface area contributed by atoms with Crippen molar-refractivity contribution in [1.29, 1.82) is 5.26 Å². The molecule has 1 aliphatic heterocycles. The summed E-state index contributed by atoms with van der Waals surface area (Å²) in [7, 11) is -1.67. The van der Waals surface area contributed by atoms with Crippen LogP contribution in [-0.4, -0.2) is 47.5 Å². The number of benzene rings is 1. The lowest BCUT2D eigenvalue weighted by Crippen LogP contribution is -2.34. The molecule has 0 bridgehead atoms. The van der Waals surface area contributed by atoms with E-state index < -0.39 is 16.0 Å². The van der Waals surface area contributed by atoms with Gasteiger partial charge in [0.15, 0.2) is 0 Å². The number of halogens is 1. The Morgan fingerprint density at radius 1 is 1.22 bits per heavy atom. The summed E-state index contributed by atoms with van der Waals surface area (Å²) in [5.41, 5.74) is 2.35. The van der Waals surface area contributed by atoms with Gasteiger partial charge in [-0.3, -0.25) is 4.72 Å². The van der Waals surface area contributed by atoms with E-state index in [-0.39, 0.29) is 17.2 Å². The lowest BCUT2D eigenvalue weighted by molar-refractivity contribution is 0.474. The number of piperidine rings is 1. The Morgan fingerprint density at radius 2 is 1.97 bits per heavy atom. The van der Waals surface area contributed by atoms with E-state index in [1.807, 2.05) is 11.6 Å². The molecular weight excluding hydrogens is 433 g/mol. The number of rotatable bonds is 5. The molecule has 9 nitrogen and oxygen atoms in total. The maximum atomic E-state index is 13.4. The number of nitrogens with one attached hydrogen (secondary N) is 1. The average molecular weight is 456 g/mol. The second-order valence-corrected chi connectivity index (χ2v) is 9.55. The third kappa shape index (κ3) is 4.40. The monoisotopic (exact) mass is 455 g/mol. The maximum absolute atomic E-state index is 13.4. The summed E-state index contributed by atoms with van der Waals surface area (Å²) in [6.45, 7) is 1.27. The molecule has 0 atom stereocenters. The topological polar surface area (TPSA) is 117 Å². The number of hydrogen-bond acceptors (Lipinski definition) is 7. The first-order chi connectivity index (χ1) is 15.3. The highest BCUT2D eigenvalue weighted by Crippen LogP contribution is 2.40. The maximum Gasteiger partial charge on any atom is 0.229 e. The fraction of sp³-hybridized carbons (Fsp3) is 0.333. The highest BCUT2D eigenvalue weighted by atomic mass is 32.2. The Bertz CT molecular complexity index is 1270. The molecule has 4 rings (SSSR count). The second kappa shape index (κ2) is 8.55. The van der Waals surface area contributed by atoms with Gasteiger partial charge >= 0.3 is 0 Å². The van der Waals surface area contributed by atoms with E-state index in [1.165, 1.54) is 12.3 Å². The summed E-state index contributed by atoms with van der Waals surface area (Å²) in [4.78, 5) is 5.80. The van der Waals surface area contributed by atoms with Gasteiger partial charge in [-0.1, -0.05) is 6.07 Å². The van der Waals surface area contributed by atoms with E-state index in [1.54, 1.807) is 24.5 Å². The van der Waals surface area contributed by atoms with Gasteiger partial charge in [0.1, 0.15) is 23.8 Å². The van der Waals surface area contributed by atoms with Crippen LogP contribution in [0.3, 0.4) is 0 Å². The molecule has 1 aromatic carbocycles. The van der Waals surface area contributed by atoms with Crippen molar-refractivity contribution >= 4 is 21.4 Å². The van der Waals surface area contributed by atoms with Gasteiger partial charge in [0, 0.05) is 43.4 Å². The third-order valence-corrected chi connectivity index (χ3v) is 6.14. The van der Waals surface area contributed by atoms with Gasteiger partial charge < -0.3 is 9.47 Å². The molecule has 166 valence electrons. The summed E-state index contributed by atoms with van der Waals surface area (Å²) in [6, 6.07) is 8.30. The van der Waals surface area contributed by atoms with Crippen LogP contribution in [0.15, 0.2) is 36.8 Å². The average Bonchev–Trinajstić information content (AvgIpc) is 3.19. The first-order valence-corrected chi connectivity index (χ1v) is 11.9. The molecule has 11 heteroatoms. The lowest BCUT2D eigenvalue weighted by atomic mass is 9.93. The molecule has 1 N–H and O–H groups in total. The van der Waals surface area contributed by atoms with Crippen molar-refractivity contribution < 1.29 is 12.8 Å². The highest BCUT2D eigenvalue weighted by molar-refractivity contribution is 7.92. The first-order valence-electron chi connectivity index (χ1n) is 10.0. The van der Waals surface area contributed by atoms with Crippen LogP contribution in [0.2, 0.25) is 0 Å². The van der Waals surface area contributed by atoms with Gasteiger partial charge in [0.05, 0.1) is 17.6 Å². The molecule has 2 aromatic heterocycles. The van der Waals surface area contributed by atoms with Crippen LogP contribution in [0.5, 0.6) is 0 Å². The van der Waals surface area contributed by atoms with Gasteiger partial charge in [0.25, 0.3) is 0 Å². The van der Waals surface area contributed by atoms with Crippen LogP contribution < -0.4 is 9.62 Å². The number of nitrogens with zero attached hydrogens (tertiary/aromatic N) is 6. The number of pyridine rings is 1. The largest absolute Gasteiger partial charge is 0.370 e. The van der Waals surface area contributed by atoms with Crippen molar-refractivity contribution in [2.45, 2.75) is 18.8 Å². The van der Waals surface area contributed by atoms with Gasteiger partial charge in [-0.25, -0.2) is 13.4 Å². The van der Waals surface area contributed by atoms with E-state index in [0.717, 1.165) is 24.9 Å². The number of hydrogen-bond donors (Lipinski definition) is 1. The summed E-state index contributed by atoms with van der Waals surface area (Å²) in [5.74, 6) is 0.550. The Kier molecular flexibility index (Phi) is 5.80. The zero-order valence-corrected chi connectivity index (χ0v) is 18.5. The summed E-state index contributed by atoms with van der Waals surface area (Å²) in [6.07, 6.45) is 5.71. The fourth-order valence-electron chi connectivity index (χ4n) is 4.11. The second-order valence-electron chi connectivity index (χ2n) is 7.80. The van der Waals surface area contributed by atoms with E-state index in [9.17, 15) is 18.1 Å². The Hall–Kier alpha value is -3.52. The smallest absolute Gasteiger partial charge is 0.229 e. The van der Waals surface area contributed by atoms with Crippen LogP contribution in [0.4, 0.5) is 15.8 Å². The van der Waals surface area contributed by atoms with Gasteiger partial charge in [-0.2, -0.15) is 9.65 Å². The minimum Gasteiger partial charge on any atom is -0.370 e. The lowest BCUT2D eigenvalue weighted by Gasteiger charge is -2.35. The molecule has 1 saturated heterocycles. The van der Waals surface area contributed by atoms with Crippen LogP contribution in [0.1, 0.15) is 30.1 Å². The summed E-state index contributed by atoms with van der Waals surface area (Å²) < 4.78 is 41.5. The zero-order valence-electron chi connectivity index (χ0n) is 17.7. The van der Waals surface area contributed by atoms with E-state index in [0.29, 0.717) is 29.9 Å². The molecule has 0 amide bonds. The van der Waals surface area contributed by atoms with E-state index in [4.69, 9.17) is 0 Å². The van der Waals surface area contributed by atoms with E-state index in [2.05, 4.69) is 30.9 Å². The highest BCUT2D eigenvalue weighted by Gasteiger charge is 2.28. The van der Waals surface area contributed by atoms with Crippen LogP contribution in [0.25, 0.3) is 11.1 Å². The SMILES string of the molecule is Cn1cnnc1C1CCN(c2c(-c3ccc(F)nc3)ccc(NS(C)(=O)=O)c2C#N)CC1. The first kappa shape index (κ1) is 21.7. The number of aromatic nitrogens is 4. The fourth-order valence-corrected chi connectivity index (χ4v) is 4.68. The predicted octanol–water partition coefficient (Wildman–Crippen LogP) is 2.64. The molecule has 0 radical (unpaired) electrons. The van der Waals surface area contributed by atoms with Gasteiger partial charge in [-0.15, -0.1) is 10.2 Å². The van der Waals surface area contributed by atoms with Crippen molar-refractivity contribution in [1.82, 2.24) is 19.7 Å². The number of nitriles is 1. The normalized spacial score (nSPS) is 14.9. The number of anilines is 2. The van der Waals surface area contributed by atoms with Crippen LogP contribution >= 0.6 is 0 Å². The Morgan fingerprint density at radius 3 is 2.53 bits per heavy atom. The minimum atomic E-state index is -3.58. The van der Waals surface area contributed by atoms with Crippen molar-refractivity contribution in [2.75, 3.05) is 29.0 Å². The quantitative estimate of drug-likeness (QED) is 0.588. The molecule has 3 heterocycles. The number of aryl methyl sites for hydroxylation is 1. The Labute approximate surface area is 185 Å². The van der Waals surface area contributed by atoms with E-state index >= 15 is 0 Å².